The fourth-order valence-corrected chi connectivity index (χ4v) is 2.59. The Morgan fingerprint density at radius 2 is 1.82 bits per heavy atom. The van der Waals surface area contributed by atoms with E-state index in [0.29, 0.717) is 18.4 Å². The van der Waals surface area contributed by atoms with Gasteiger partial charge in [-0.2, -0.15) is 0 Å². The van der Waals surface area contributed by atoms with Crippen molar-refractivity contribution in [1.82, 2.24) is 0 Å². The Bertz CT molecular complexity index is 429. The first kappa shape index (κ1) is 12.3. The molecular formula is C15H20O2. The molecule has 1 N–H and O–H groups in total. The second kappa shape index (κ2) is 4.61. The van der Waals surface area contributed by atoms with E-state index in [1.165, 1.54) is 0 Å². The Morgan fingerprint density at radius 3 is 2.47 bits per heavy atom. The number of Topliss-reactive ketones (excluding diaryl/α,β-unsaturated/α-hetero) is 1. The number of carbonyl (C=O) groups excluding carboxylic acids is 1. The van der Waals surface area contributed by atoms with Gasteiger partial charge in [-0.1, -0.05) is 37.0 Å². The minimum atomic E-state index is -1.11. The summed E-state index contributed by atoms with van der Waals surface area (Å²) in [6, 6.07) is 5.84. The maximum Gasteiger partial charge on any atom is 0.194 e. The molecule has 1 aromatic carbocycles. The lowest BCUT2D eigenvalue weighted by Crippen LogP contribution is -2.40. The molecule has 1 aliphatic rings. The summed E-state index contributed by atoms with van der Waals surface area (Å²) in [6.07, 6.45) is 4.25. The van der Waals surface area contributed by atoms with Gasteiger partial charge in [-0.15, -0.1) is 0 Å². The predicted octanol–water partition coefficient (Wildman–Crippen LogP) is 3.18. The Kier molecular flexibility index (Phi) is 3.34. The topological polar surface area (TPSA) is 37.3 Å². The summed E-state index contributed by atoms with van der Waals surface area (Å²) in [6.45, 7) is 3.90. The number of hydrogen-bond acceptors (Lipinski definition) is 2. The van der Waals surface area contributed by atoms with Crippen LogP contribution in [0.1, 0.15) is 53.6 Å². The van der Waals surface area contributed by atoms with Crippen molar-refractivity contribution in [1.29, 1.82) is 0 Å². The molecule has 0 atom stereocenters. The Labute approximate surface area is 103 Å². The van der Waals surface area contributed by atoms with Crippen molar-refractivity contribution in [3.05, 3.63) is 34.9 Å². The molecule has 0 aliphatic heterocycles. The van der Waals surface area contributed by atoms with Crippen LogP contribution in [-0.2, 0) is 0 Å². The van der Waals surface area contributed by atoms with E-state index in [1.54, 1.807) is 0 Å². The first-order chi connectivity index (χ1) is 8.03. The molecule has 1 aliphatic carbocycles. The molecule has 0 heterocycles. The van der Waals surface area contributed by atoms with E-state index in [4.69, 9.17) is 0 Å². The van der Waals surface area contributed by atoms with E-state index >= 15 is 0 Å². The third-order valence-electron chi connectivity index (χ3n) is 3.74. The normalized spacial score (nSPS) is 19.0. The van der Waals surface area contributed by atoms with Crippen molar-refractivity contribution in [2.45, 2.75) is 51.6 Å². The summed E-state index contributed by atoms with van der Waals surface area (Å²) < 4.78 is 0. The molecule has 0 aromatic heterocycles. The number of aryl methyl sites for hydroxylation is 2. The zero-order valence-corrected chi connectivity index (χ0v) is 10.6. The van der Waals surface area contributed by atoms with E-state index in [-0.39, 0.29) is 5.78 Å². The zero-order chi connectivity index (χ0) is 12.5. The van der Waals surface area contributed by atoms with Crippen LogP contribution in [0.3, 0.4) is 0 Å². The van der Waals surface area contributed by atoms with Crippen LogP contribution in [-0.4, -0.2) is 16.5 Å². The van der Waals surface area contributed by atoms with Crippen LogP contribution in [0, 0.1) is 13.8 Å². The lowest BCUT2D eigenvalue weighted by molar-refractivity contribution is 0.0115. The van der Waals surface area contributed by atoms with Gasteiger partial charge in [0, 0.05) is 5.56 Å². The lowest BCUT2D eigenvalue weighted by atomic mass is 9.78. The number of hydrogen-bond donors (Lipinski definition) is 1. The van der Waals surface area contributed by atoms with Gasteiger partial charge in [0.1, 0.15) is 5.60 Å². The molecule has 1 fully saturated rings. The SMILES string of the molecule is Cc1ccc(C)c(C(=O)C2(O)CCCCC2)c1. The summed E-state index contributed by atoms with van der Waals surface area (Å²) in [5, 5.41) is 10.5. The molecule has 0 unspecified atom stereocenters. The molecule has 1 saturated carbocycles. The Hall–Kier alpha value is -1.15. The number of benzene rings is 1. The van der Waals surface area contributed by atoms with Gasteiger partial charge in [0.25, 0.3) is 0 Å². The standard InChI is InChI=1S/C15H20O2/c1-11-6-7-12(2)13(10-11)14(16)15(17)8-4-3-5-9-15/h6-7,10,17H,3-5,8-9H2,1-2H3. The Balaban J connectivity index is 2.32. The van der Waals surface area contributed by atoms with Gasteiger partial charge in [0.05, 0.1) is 0 Å². The average Bonchev–Trinajstić information content (AvgIpc) is 2.32. The molecule has 2 nitrogen and oxygen atoms in total. The maximum atomic E-state index is 12.4. The minimum absolute atomic E-state index is 0.0848. The van der Waals surface area contributed by atoms with Gasteiger partial charge < -0.3 is 5.11 Å². The van der Waals surface area contributed by atoms with Gasteiger partial charge in [-0.25, -0.2) is 0 Å². The predicted molar refractivity (Wildman–Crippen MR) is 68.3 cm³/mol. The fraction of sp³-hybridized carbons (Fsp3) is 0.533. The third kappa shape index (κ3) is 2.42. The van der Waals surface area contributed by atoms with Crippen molar-refractivity contribution in [2.24, 2.45) is 0 Å². The monoisotopic (exact) mass is 232 g/mol. The van der Waals surface area contributed by atoms with Crippen molar-refractivity contribution in [2.75, 3.05) is 0 Å². The maximum absolute atomic E-state index is 12.4. The largest absolute Gasteiger partial charge is 0.382 e. The first-order valence-corrected chi connectivity index (χ1v) is 6.37. The van der Waals surface area contributed by atoms with Gasteiger partial charge in [0.2, 0.25) is 0 Å². The summed E-state index contributed by atoms with van der Waals surface area (Å²) in [5.74, 6) is -0.0848. The smallest absolute Gasteiger partial charge is 0.194 e. The Morgan fingerprint density at radius 1 is 1.18 bits per heavy atom. The molecule has 92 valence electrons. The van der Waals surface area contributed by atoms with Crippen molar-refractivity contribution < 1.29 is 9.90 Å². The second-order valence-electron chi connectivity index (χ2n) is 5.24. The first-order valence-electron chi connectivity index (χ1n) is 6.37. The summed E-state index contributed by atoms with van der Waals surface area (Å²) >= 11 is 0. The van der Waals surface area contributed by atoms with Gasteiger partial charge in [0.15, 0.2) is 5.78 Å². The van der Waals surface area contributed by atoms with Crippen LogP contribution >= 0.6 is 0 Å². The second-order valence-corrected chi connectivity index (χ2v) is 5.24. The highest BCUT2D eigenvalue weighted by Gasteiger charge is 2.37. The van der Waals surface area contributed by atoms with Gasteiger partial charge >= 0.3 is 0 Å². The number of aliphatic hydroxyl groups is 1. The molecule has 0 radical (unpaired) electrons. The van der Waals surface area contributed by atoms with E-state index in [0.717, 1.165) is 30.4 Å². The van der Waals surface area contributed by atoms with E-state index in [1.807, 2.05) is 32.0 Å². The molecular weight excluding hydrogens is 212 g/mol. The highest BCUT2D eigenvalue weighted by atomic mass is 16.3. The van der Waals surface area contributed by atoms with E-state index < -0.39 is 5.60 Å². The van der Waals surface area contributed by atoms with E-state index in [2.05, 4.69) is 0 Å². The highest BCUT2D eigenvalue weighted by molar-refractivity contribution is 6.03. The van der Waals surface area contributed by atoms with Crippen LogP contribution in [0.15, 0.2) is 18.2 Å². The number of rotatable bonds is 2. The van der Waals surface area contributed by atoms with Crippen LogP contribution in [0.5, 0.6) is 0 Å². The van der Waals surface area contributed by atoms with Crippen LogP contribution in [0.4, 0.5) is 0 Å². The summed E-state index contributed by atoms with van der Waals surface area (Å²) in [4.78, 5) is 12.4. The zero-order valence-electron chi connectivity index (χ0n) is 10.6. The van der Waals surface area contributed by atoms with E-state index in [9.17, 15) is 9.90 Å². The molecule has 17 heavy (non-hydrogen) atoms. The molecule has 2 heteroatoms. The number of ketones is 1. The lowest BCUT2D eigenvalue weighted by Gasteiger charge is -2.31. The van der Waals surface area contributed by atoms with Crippen LogP contribution < -0.4 is 0 Å². The molecule has 0 spiro atoms. The molecule has 1 aromatic rings. The summed E-state index contributed by atoms with van der Waals surface area (Å²) in [5.41, 5.74) is 1.60. The minimum Gasteiger partial charge on any atom is -0.382 e. The van der Waals surface area contributed by atoms with Crippen LogP contribution in [0.25, 0.3) is 0 Å². The summed E-state index contributed by atoms with van der Waals surface area (Å²) in [7, 11) is 0. The third-order valence-corrected chi connectivity index (χ3v) is 3.74. The molecule has 2 rings (SSSR count). The fourth-order valence-electron chi connectivity index (χ4n) is 2.59. The molecule has 0 saturated heterocycles. The van der Waals surface area contributed by atoms with Gasteiger partial charge in [-0.05, 0) is 38.3 Å². The van der Waals surface area contributed by atoms with Crippen LogP contribution in [0.2, 0.25) is 0 Å². The number of carbonyl (C=O) groups is 1. The quantitative estimate of drug-likeness (QED) is 0.795. The van der Waals surface area contributed by atoms with Crippen molar-refractivity contribution in [3.8, 4) is 0 Å². The van der Waals surface area contributed by atoms with Crippen molar-refractivity contribution >= 4 is 5.78 Å². The van der Waals surface area contributed by atoms with Gasteiger partial charge in [-0.3, -0.25) is 4.79 Å². The molecule has 0 bridgehead atoms. The molecule has 0 amide bonds. The highest BCUT2D eigenvalue weighted by Crippen LogP contribution is 2.32. The average molecular weight is 232 g/mol. The van der Waals surface area contributed by atoms with Crippen molar-refractivity contribution in [3.63, 3.8) is 0 Å².